The summed E-state index contributed by atoms with van der Waals surface area (Å²) in [6.45, 7) is 4.79. The highest BCUT2D eigenvalue weighted by Crippen LogP contribution is 2.31. The van der Waals surface area contributed by atoms with Gasteiger partial charge in [-0.3, -0.25) is 4.79 Å². The number of carbonyl (C=O) groups is 1. The van der Waals surface area contributed by atoms with Crippen LogP contribution >= 0.6 is 27.3 Å². The van der Waals surface area contributed by atoms with E-state index in [0.29, 0.717) is 17.9 Å². The van der Waals surface area contributed by atoms with Gasteiger partial charge >= 0.3 is 0 Å². The van der Waals surface area contributed by atoms with Crippen molar-refractivity contribution in [3.05, 3.63) is 76.3 Å². The number of amides is 1. The van der Waals surface area contributed by atoms with Crippen molar-refractivity contribution in [3.63, 3.8) is 0 Å². The lowest BCUT2D eigenvalue weighted by Crippen LogP contribution is -2.14. The van der Waals surface area contributed by atoms with E-state index in [1.165, 1.54) is 10.3 Å². The Balaban J connectivity index is 1.51. The van der Waals surface area contributed by atoms with E-state index >= 15 is 0 Å². The molecule has 158 valence electrons. The minimum atomic E-state index is -0.198. The van der Waals surface area contributed by atoms with Crippen LogP contribution in [0, 0.1) is 6.92 Å². The van der Waals surface area contributed by atoms with Crippen molar-refractivity contribution in [3.8, 4) is 16.3 Å². The molecule has 0 radical (unpaired) electrons. The number of aryl methyl sites for hydroxylation is 1. The Morgan fingerprint density at radius 3 is 2.68 bits per heavy atom. The Labute approximate surface area is 194 Å². The molecule has 4 rings (SSSR count). The number of nitrogens with one attached hydrogen (secondary N) is 1. The fourth-order valence-corrected chi connectivity index (χ4v) is 4.61. The molecule has 0 bridgehead atoms. The summed E-state index contributed by atoms with van der Waals surface area (Å²) in [4.78, 5) is 17.6. The Kier molecular flexibility index (Phi) is 6.68. The zero-order valence-electron chi connectivity index (χ0n) is 17.4. The van der Waals surface area contributed by atoms with Crippen molar-refractivity contribution in [2.75, 3.05) is 11.9 Å². The second-order valence-electron chi connectivity index (χ2n) is 7.36. The summed E-state index contributed by atoms with van der Waals surface area (Å²) in [7, 11) is 0. The maximum atomic E-state index is 12.9. The number of nitrogens with zero attached hydrogens (tertiary/aromatic N) is 1. The topological polar surface area (TPSA) is 51.2 Å². The number of anilines is 1. The van der Waals surface area contributed by atoms with Gasteiger partial charge in [0.15, 0.2) is 0 Å². The number of hydrogen-bond donors (Lipinski definition) is 1. The highest BCUT2D eigenvalue weighted by molar-refractivity contribution is 9.10. The van der Waals surface area contributed by atoms with Crippen LogP contribution in [0.3, 0.4) is 0 Å². The molecule has 1 N–H and O–H groups in total. The number of benzene rings is 3. The molecule has 31 heavy (non-hydrogen) atoms. The van der Waals surface area contributed by atoms with Gasteiger partial charge in [-0.2, -0.15) is 0 Å². The molecule has 0 aliphatic carbocycles. The van der Waals surface area contributed by atoms with E-state index in [1.54, 1.807) is 17.4 Å². The van der Waals surface area contributed by atoms with E-state index in [9.17, 15) is 4.79 Å². The third-order valence-electron chi connectivity index (χ3n) is 4.88. The lowest BCUT2D eigenvalue weighted by Gasteiger charge is -2.12. The molecule has 1 aromatic heterocycles. The van der Waals surface area contributed by atoms with Crippen LogP contribution in [0.5, 0.6) is 5.75 Å². The lowest BCUT2D eigenvalue weighted by molar-refractivity contribution is 0.102. The molecule has 1 amide bonds. The largest absolute Gasteiger partial charge is 0.493 e. The number of fused-ring (bicyclic) bond motifs is 1. The monoisotopic (exact) mass is 494 g/mol. The van der Waals surface area contributed by atoms with Crippen LogP contribution in [-0.4, -0.2) is 17.5 Å². The lowest BCUT2D eigenvalue weighted by atomic mass is 10.1. The zero-order valence-corrected chi connectivity index (χ0v) is 19.8. The number of rotatable bonds is 7. The first-order valence-electron chi connectivity index (χ1n) is 10.2. The number of ether oxygens (including phenoxy) is 1. The SMILES string of the molecule is CCCCOc1ccc(Br)cc1C(=O)Nc1ccc(-c2nc3ccc(C)cc3s2)cc1. The molecule has 0 saturated heterocycles. The number of halogens is 1. The van der Waals surface area contributed by atoms with Crippen LogP contribution in [0.4, 0.5) is 5.69 Å². The molecule has 0 spiro atoms. The minimum Gasteiger partial charge on any atom is -0.493 e. The molecular formula is C25H23BrN2O2S. The summed E-state index contributed by atoms with van der Waals surface area (Å²) in [5.74, 6) is 0.395. The molecule has 0 aliphatic heterocycles. The minimum absolute atomic E-state index is 0.198. The molecule has 3 aromatic carbocycles. The standard InChI is InChI=1S/C25H23BrN2O2S/c1-3-4-13-30-22-12-8-18(26)15-20(22)24(29)27-19-9-6-17(7-10-19)25-28-21-11-5-16(2)14-23(21)31-25/h5-12,14-15H,3-4,13H2,1-2H3,(H,27,29). The molecule has 0 saturated carbocycles. The van der Waals surface area contributed by atoms with Gasteiger partial charge in [0, 0.05) is 15.7 Å². The van der Waals surface area contributed by atoms with Gasteiger partial charge in [-0.05, 0) is 73.5 Å². The van der Waals surface area contributed by atoms with Crippen molar-refractivity contribution < 1.29 is 9.53 Å². The molecule has 4 aromatic rings. The van der Waals surface area contributed by atoms with Crippen LogP contribution < -0.4 is 10.1 Å². The van der Waals surface area contributed by atoms with Crippen molar-refractivity contribution in [2.24, 2.45) is 0 Å². The number of hydrogen-bond acceptors (Lipinski definition) is 4. The molecule has 0 atom stereocenters. The summed E-state index contributed by atoms with van der Waals surface area (Å²) < 4.78 is 7.83. The molecular weight excluding hydrogens is 472 g/mol. The molecule has 4 nitrogen and oxygen atoms in total. The second-order valence-corrected chi connectivity index (χ2v) is 9.31. The van der Waals surface area contributed by atoms with Crippen molar-refractivity contribution in [2.45, 2.75) is 26.7 Å². The fourth-order valence-electron chi connectivity index (χ4n) is 3.18. The average molecular weight is 495 g/mol. The Hall–Kier alpha value is -2.70. The zero-order chi connectivity index (χ0) is 21.8. The van der Waals surface area contributed by atoms with Gasteiger partial charge in [-0.25, -0.2) is 4.98 Å². The van der Waals surface area contributed by atoms with Crippen LogP contribution in [0.1, 0.15) is 35.7 Å². The van der Waals surface area contributed by atoms with Crippen LogP contribution in [0.2, 0.25) is 0 Å². The summed E-state index contributed by atoms with van der Waals surface area (Å²) >= 11 is 5.12. The maximum absolute atomic E-state index is 12.9. The first-order valence-corrected chi connectivity index (χ1v) is 11.9. The third kappa shape index (κ3) is 5.14. The van der Waals surface area contributed by atoms with Gasteiger partial charge in [0.05, 0.1) is 22.4 Å². The van der Waals surface area contributed by atoms with Crippen molar-refractivity contribution in [1.29, 1.82) is 0 Å². The second kappa shape index (κ2) is 9.62. The first kappa shape index (κ1) is 21.5. The number of thiazole rings is 1. The van der Waals surface area contributed by atoms with Crippen LogP contribution in [-0.2, 0) is 0 Å². The van der Waals surface area contributed by atoms with Gasteiger partial charge in [0.25, 0.3) is 5.91 Å². The number of unbranched alkanes of at least 4 members (excludes halogenated alkanes) is 1. The number of carbonyl (C=O) groups excluding carboxylic acids is 1. The van der Waals surface area contributed by atoms with Gasteiger partial charge < -0.3 is 10.1 Å². The Morgan fingerprint density at radius 2 is 1.90 bits per heavy atom. The summed E-state index contributed by atoms with van der Waals surface area (Å²) in [6.07, 6.45) is 1.99. The molecule has 1 heterocycles. The quantitative estimate of drug-likeness (QED) is 0.271. The van der Waals surface area contributed by atoms with Gasteiger partial charge in [-0.15, -0.1) is 11.3 Å². The number of aromatic nitrogens is 1. The van der Waals surface area contributed by atoms with E-state index in [2.05, 4.69) is 53.3 Å². The summed E-state index contributed by atoms with van der Waals surface area (Å²) in [5.41, 5.74) is 4.50. The van der Waals surface area contributed by atoms with E-state index in [4.69, 9.17) is 9.72 Å². The highest BCUT2D eigenvalue weighted by atomic mass is 79.9. The van der Waals surface area contributed by atoms with Crippen LogP contribution in [0.25, 0.3) is 20.8 Å². The van der Waals surface area contributed by atoms with E-state index in [-0.39, 0.29) is 5.91 Å². The Bertz CT molecular complexity index is 1220. The molecule has 0 fully saturated rings. The Morgan fingerprint density at radius 1 is 1.10 bits per heavy atom. The summed E-state index contributed by atoms with van der Waals surface area (Å²) in [6, 6.07) is 19.6. The maximum Gasteiger partial charge on any atom is 0.259 e. The molecule has 6 heteroatoms. The smallest absolute Gasteiger partial charge is 0.259 e. The van der Waals surface area contributed by atoms with Crippen LogP contribution in [0.15, 0.2) is 65.1 Å². The fraction of sp³-hybridized carbons (Fsp3) is 0.200. The van der Waals surface area contributed by atoms with E-state index < -0.39 is 0 Å². The van der Waals surface area contributed by atoms with Gasteiger partial charge in [0.2, 0.25) is 0 Å². The van der Waals surface area contributed by atoms with E-state index in [1.807, 2.05) is 36.4 Å². The summed E-state index contributed by atoms with van der Waals surface area (Å²) in [5, 5.41) is 3.94. The van der Waals surface area contributed by atoms with Crippen molar-refractivity contribution >= 4 is 49.1 Å². The van der Waals surface area contributed by atoms with E-state index in [0.717, 1.165) is 39.1 Å². The van der Waals surface area contributed by atoms with Gasteiger partial charge in [0.1, 0.15) is 10.8 Å². The molecule has 0 aliphatic rings. The molecule has 0 unspecified atom stereocenters. The first-order chi connectivity index (χ1) is 15.0. The predicted molar refractivity (Wildman–Crippen MR) is 132 cm³/mol. The average Bonchev–Trinajstić information content (AvgIpc) is 3.18. The normalized spacial score (nSPS) is 10.9. The predicted octanol–water partition coefficient (Wildman–Crippen LogP) is 7.47. The third-order valence-corrected chi connectivity index (χ3v) is 6.44. The van der Waals surface area contributed by atoms with Gasteiger partial charge in [-0.1, -0.05) is 35.3 Å². The highest BCUT2D eigenvalue weighted by Gasteiger charge is 2.14. The van der Waals surface area contributed by atoms with Crippen molar-refractivity contribution in [1.82, 2.24) is 4.98 Å².